The molecule has 1 heterocycles. The molecule has 0 radical (unpaired) electrons. The lowest BCUT2D eigenvalue weighted by molar-refractivity contribution is 0.657. The molecule has 3 rings (SSSR count). The van der Waals surface area contributed by atoms with E-state index in [2.05, 4.69) is 80.8 Å². The first-order valence-electron chi connectivity index (χ1n) is 9.08. The zero-order chi connectivity index (χ0) is 19.6. The summed E-state index contributed by atoms with van der Waals surface area (Å²) in [5.74, 6) is 0. The smallest absolute Gasteiger partial charge is 0.175 e. The number of anilines is 2. The van der Waals surface area contributed by atoms with Crippen molar-refractivity contribution in [3.05, 3.63) is 76.1 Å². The normalized spacial score (nSPS) is 10.7. The van der Waals surface area contributed by atoms with E-state index in [4.69, 9.17) is 17.3 Å². The zero-order valence-electron chi connectivity index (χ0n) is 16.6. The lowest BCUT2D eigenvalue weighted by Gasteiger charge is -2.13. The molecule has 0 saturated carbocycles. The van der Waals surface area contributed by atoms with Gasteiger partial charge in [0.15, 0.2) is 5.11 Å². The molecule has 0 saturated heterocycles. The molecule has 4 nitrogen and oxygen atoms in total. The highest BCUT2D eigenvalue weighted by atomic mass is 32.1. The van der Waals surface area contributed by atoms with Gasteiger partial charge in [0.05, 0.1) is 23.6 Å². The molecule has 5 heteroatoms. The molecule has 0 amide bonds. The van der Waals surface area contributed by atoms with Gasteiger partial charge in [-0.2, -0.15) is 5.10 Å². The number of hydrogen-bond acceptors (Lipinski definition) is 2. The Morgan fingerprint density at radius 1 is 0.963 bits per heavy atom. The van der Waals surface area contributed by atoms with Gasteiger partial charge in [-0.25, -0.2) is 0 Å². The van der Waals surface area contributed by atoms with Crippen molar-refractivity contribution in [3.8, 4) is 0 Å². The second kappa shape index (κ2) is 7.92. The number of aryl methyl sites for hydroxylation is 4. The molecule has 0 atom stereocenters. The van der Waals surface area contributed by atoms with Crippen LogP contribution < -0.4 is 10.6 Å². The van der Waals surface area contributed by atoms with Crippen LogP contribution in [-0.2, 0) is 6.54 Å². The summed E-state index contributed by atoms with van der Waals surface area (Å²) in [5, 5.41) is 11.9. The van der Waals surface area contributed by atoms with Gasteiger partial charge in [0.1, 0.15) is 0 Å². The summed E-state index contributed by atoms with van der Waals surface area (Å²) in [6.07, 6.45) is 0. The lowest BCUT2D eigenvalue weighted by Crippen LogP contribution is -2.20. The Hall–Kier alpha value is -2.66. The van der Waals surface area contributed by atoms with Crippen molar-refractivity contribution in [3.63, 3.8) is 0 Å². The molecule has 1 aromatic heterocycles. The molecular formula is C22H26N4S. The standard InChI is InChI=1S/C22H26N4S/c1-14-10-15(2)12-20(11-14)23-22(27)24-21-17(4)25-26(18(21)5)13-19-9-7-6-8-16(19)3/h6-12H,13H2,1-5H3,(H2,23,24,27). The second-order valence-corrected chi connectivity index (χ2v) is 7.49. The Morgan fingerprint density at radius 3 is 2.30 bits per heavy atom. The van der Waals surface area contributed by atoms with E-state index in [1.165, 1.54) is 22.3 Å². The van der Waals surface area contributed by atoms with Gasteiger partial charge in [-0.3, -0.25) is 4.68 Å². The van der Waals surface area contributed by atoms with Crippen molar-refractivity contribution in [2.75, 3.05) is 10.6 Å². The molecule has 0 aliphatic heterocycles. The molecule has 0 bridgehead atoms. The van der Waals surface area contributed by atoms with Gasteiger partial charge in [0, 0.05) is 5.69 Å². The number of aromatic nitrogens is 2. The molecule has 27 heavy (non-hydrogen) atoms. The SMILES string of the molecule is Cc1cc(C)cc(NC(=S)Nc2c(C)nn(Cc3ccccc3C)c2C)c1. The fourth-order valence-electron chi connectivity index (χ4n) is 3.30. The van der Waals surface area contributed by atoms with Crippen molar-refractivity contribution in [1.29, 1.82) is 0 Å². The van der Waals surface area contributed by atoms with E-state index in [-0.39, 0.29) is 0 Å². The summed E-state index contributed by atoms with van der Waals surface area (Å²) in [5.41, 5.74) is 8.92. The Morgan fingerprint density at radius 2 is 1.63 bits per heavy atom. The Balaban J connectivity index is 1.76. The number of benzene rings is 2. The van der Waals surface area contributed by atoms with Gasteiger partial charge in [0.2, 0.25) is 0 Å². The monoisotopic (exact) mass is 378 g/mol. The van der Waals surface area contributed by atoms with E-state index >= 15 is 0 Å². The predicted molar refractivity (Wildman–Crippen MR) is 118 cm³/mol. The number of nitrogens with zero attached hydrogens (tertiary/aromatic N) is 2. The number of thiocarbonyl (C=S) groups is 1. The molecule has 140 valence electrons. The summed E-state index contributed by atoms with van der Waals surface area (Å²) < 4.78 is 2.03. The molecule has 2 aromatic carbocycles. The maximum atomic E-state index is 5.52. The van der Waals surface area contributed by atoms with Gasteiger partial charge in [-0.1, -0.05) is 30.3 Å². The first kappa shape index (κ1) is 19.1. The quantitative estimate of drug-likeness (QED) is 0.606. The van der Waals surface area contributed by atoms with Crippen LogP contribution in [0.15, 0.2) is 42.5 Å². The summed E-state index contributed by atoms with van der Waals surface area (Å²) in [4.78, 5) is 0. The van der Waals surface area contributed by atoms with Crippen LogP contribution in [0.2, 0.25) is 0 Å². The minimum Gasteiger partial charge on any atom is -0.332 e. The van der Waals surface area contributed by atoms with E-state index in [1.54, 1.807) is 0 Å². The van der Waals surface area contributed by atoms with Crippen molar-refractivity contribution < 1.29 is 0 Å². The van der Waals surface area contributed by atoms with Crippen LogP contribution in [0.4, 0.5) is 11.4 Å². The predicted octanol–water partition coefficient (Wildman–Crippen LogP) is 5.28. The van der Waals surface area contributed by atoms with Crippen LogP contribution in [0.25, 0.3) is 0 Å². The summed E-state index contributed by atoms with van der Waals surface area (Å²) in [6, 6.07) is 14.7. The summed E-state index contributed by atoms with van der Waals surface area (Å²) in [6.45, 7) is 11.1. The van der Waals surface area contributed by atoms with Gasteiger partial charge >= 0.3 is 0 Å². The van der Waals surface area contributed by atoms with Crippen LogP contribution in [0.5, 0.6) is 0 Å². The molecule has 0 fully saturated rings. The maximum Gasteiger partial charge on any atom is 0.175 e. The molecule has 2 N–H and O–H groups in total. The molecule has 0 unspecified atom stereocenters. The van der Waals surface area contributed by atoms with E-state index in [0.717, 1.165) is 29.3 Å². The zero-order valence-corrected chi connectivity index (χ0v) is 17.4. The average Bonchev–Trinajstić information content (AvgIpc) is 2.83. The van der Waals surface area contributed by atoms with Crippen LogP contribution in [0.1, 0.15) is 33.6 Å². The molecular weight excluding hydrogens is 352 g/mol. The number of rotatable bonds is 4. The van der Waals surface area contributed by atoms with Crippen molar-refractivity contribution >= 4 is 28.7 Å². The fourth-order valence-corrected chi connectivity index (χ4v) is 3.52. The Kier molecular flexibility index (Phi) is 5.61. The van der Waals surface area contributed by atoms with Crippen molar-refractivity contribution in [1.82, 2.24) is 9.78 Å². The number of hydrogen-bond donors (Lipinski definition) is 2. The van der Waals surface area contributed by atoms with Crippen molar-refractivity contribution in [2.24, 2.45) is 0 Å². The lowest BCUT2D eigenvalue weighted by atomic mass is 10.1. The third kappa shape index (κ3) is 4.55. The summed E-state index contributed by atoms with van der Waals surface area (Å²) >= 11 is 5.52. The van der Waals surface area contributed by atoms with Gasteiger partial charge in [-0.15, -0.1) is 0 Å². The van der Waals surface area contributed by atoms with E-state index in [0.29, 0.717) is 5.11 Å². The highest BCUT2D eigenvalue weighted by Gasteiger charge is 2.14. The third-order valence-corrected chi connectivity index (χ3v) is 4.89. The summed E-state index contributed by atoms with van der Waals surface area (Å²) in [7, 11) is 0. The fraction of sp³-hybridized carbons (Fsp3) is 0.273. The van der Waals surface area contributed by atoms with Gasteiger partial charge in [-0.05, 0) is 81.2 Å². The Bertz CT molecular complexity index is 968. The molecule has 0 aliphatic rings. The molecule has 0 spiro atoms. The van der Waals surface area contributed by atoms with Gasteiger partial charge < -0.3 is 10.6 Å². The average molecular weight is 379 g/mol. The second-order valence-electron chi connectivity index (χ2n) is 7.09. The highest BCUT2D eigenvalue weighted by molar-refractivity contribution is 7.80. The van der Waals surface area contributed by atoms with Crippen LogP contribution >= 0.6 is 12.2 Å². The van der Waals surface area contributed by atoms with Crippen LogP contribution in [-0.4, -0.2) is 14.9 Å². The highest BCUT2D eigenvalue weighted by Crippen LogP contribution is 2.22. The third-order valence-electron chi connectivity index (χ3n) is 4.68. The molecule has 3 aromatic rings. The van der Waals surface area contributed by atoms with Crippen LogP contribution in [0, 0.1) is 34.6 Å². The topological polar surface area (TPSA) is 41.9 Å². The van der Waals surface area contributed by atoms with E-state index < -0.39 is 0 Å². The minimum atomic E-state index is 0.571. The maximum absolute atomic E-state index is 5.52. The van der Waals surface area contributed by atoms with E-state index in [1.807, 2.05) is 11.6 Å². The first-order valence-corrected chi connectivity index (χ1v) is 9.49. The van der Waals surface area contributed by atoms with E-state index in [9.17, 15) is 0 Å². The van der Waals surface area contributed by atoms with Crippen LogP contribution in [0.3, 0.4) is 0 Å². The Labute approximate surface area is 166 Å². The molecule has 0 aliphatic carbocycles. The minimum absolute atomic E-state index is 0.571. The van der Waals surface area contributed by atoms with Gasteiger partial charge in [0.25, 0.3) is 0 Å². The number of nitrogens with one attached hydrogen (secondary N) is 2. The van der Waals surface area contributed by atoms with Crippen molar-refractivity contribution in [2.45, 2.75) is 41.2 Å². The largest absolute Gasteiger partial charge is 0.332 e. The first-order chi connectivity index (χ1) is 12.8.